The predicted octanol–water partition coefficient (Wildman–Crippen LogP) is 4.19. The fourth-order valence-corrected chi connectivity index (χ4v) is 3.64. The number of rotatable bonds is 4. The molecular formula is C16H18N2OS. The monoisotopic (exact) mass is 286 g/mol. The molecule has 0 spiro atoms. The number of aromatic nitrogens is 2. The Kier molecular flexibility index (Phi) is 4.21. The third kappa shape index (κ3) is 3.12. The predicted molar refractivity (Wildman–Crippen MR) is 82.1 cm³/mol. The van der Waals surface area contributed by atoms with Crippen molar-refractivity contribution < 1.29 is 4.74 Å². The van der Waals surface area contributed by atoms with E-state index in [0.717, 1.165) is 27.3 Å². The second kappa shape index (κ2) is 6.27. The summed E-state index contributed by atoms with van der Waals surface area (Å²) >= 11 is 1.86. The smallest absolute Gasteiger partial charge is 0.119 e. The topological polar surface area (TPSA) is 35.0 Å². The average Bonchev–Trinajstić information content (AvgIpc) is 3.01. The molecule has 1 aliphatic carbocycles. The summed E-state index contributed by atoms with van der Waals surface area (Å²) in [5.74, 6) is 0.841. The number of hydrogen-bond acceptors (Lipinski definition) is 4. The molecule has 0 N–H and O–H groups in total. The Hall–Kier alpha value is -1.55. The van der Waals surface area contributed by atoms with Crippen LogP contribution in [-0.2, 0) is 0 Å². The van der Waals surface area contributed by atoms with Gasteiger partial charge in [-0.2, -0.15) is 0 Å². The van der Waals surface area contributed by atoms with Crippen LogP contribution in [0.4, 0.5) is 0 Å². The molecule has 0 amide bonds. The summed E-state index contributed by atoms with van der Waals surface area (Å²) in [6, 6.07) is 12.0. The van der Waals surface area contributed by atoms with Gasteiger partial charge in [0.05, 0.1) is 12.8 Å². The van der Waals surface area contributed by atoms with Gasteiger partial charge in [-0.1, -0.05) is 25.0 Å². The maximum absolute atomic E-state index is 5.24. The first-order valence-corrected chi connectivity index (χ1v) is 7.88. The van der Waals surface area contributed by atoms with E-state index in [2.05, 4.69) is 16.3 Å². The largest absolute Gasteiger partial charge is 0.497 e. The Morgan fingerprint density at radius 2 is 1.95 bits per heavy atom. The van der Waals surface area contributed by atoms with Crippen LogP contribution in [0.15, 0.2) is 41.4 Å². The number of nitrogens with zero attached hydrogens (tertiary/aromatic N) is 2. The molecule has 0 aliphatic heterocycles. The molecule has 1 aromatic carbocycles. The summed E-state index contributed by atoms with van der Waals surface area (Å²) in [6.07, 6.45) is 5.33. The molecule has 4 heteroatoms. The fourth-order valence-electron chi connectivity index (χ4n) is 2.50. The molecule has 0 atom stereocenters. The molecule has 0 bridgehead atoms. The second-order valence-corrected chi connectivity index (χ2v) is 6.33. The highest BCUT2D eigenvalue weighted by atomic mass is 32.2. The van der Waals surface area contributed by atoms with Crippen LogP contribution >= 0.6 is 11.8 Å². The van der Waals surface area contributed by atoms with Gasteiger partial charge in [-0.15, -0.1) is 22.0 Å². The minimum atomic E-state index is 0.729. The lowest BCUT2D eigenvalue weighted by Gasteiger charge is -2.08. The number of hydrogen-bond donors (Lipinski definition) is 0. The lowest BCUT2D eigenvalue weighted by atomic mass is 10.1. The molecule has 0 saturated heterocycles. The van der Waals surface area contributed by atoms with Crippen LogP contribution in [0.25, 0.3) is 11.3 Å². The first kappa shape index (κ1) is 13.4. The van der Waals surface area contributed by atoms with Gasteiger partial charge in [0.15, 0.2) is 0 Å². The van der Waals surface area contributed by atoms with Crippen LogP contribution in [0, 0.1) is 0 Å². The van der Waals surface area contributed by atoms with Crippen LogP contribution in [0.1, 0.15) is 25.7 Å². The third-order valence-corrected chi connectivity index (χ3v) is 4.86. The summed E-state index contributed by atoms with van der Waals surface area (Å²) in [5, 5.41) is 10.4. The molecular weight excluding hydrogens is 268 g/mol. The molecule has 0 unspecified atom stereocenters. The fraction of sp³-hybridized carbons (Fsp3) is 0.375. The van der Waals surface area contributed by atoms with Crippen LogP contribution in [0.5, 0.6) is 5.75 Å². The standard InChI is InChI=1S/C16H18N2OS/c1-19-13-6-4-5-12(11-13)15-9-10-16(18-17-15)20-14-7-2-3-8-14/h4-6,9-11,14H,2-3,7-8H2,1H3. The second-order valence-electron chi connectivity index (χ2n) is 5.01. The lowest BCUT2D eigenvalue weighted by Crippen LogP contribution is -1.96. The van der Waals surface area contributed by atoms with Crippen molar-refractivity contribution in [1.82, 2.24) is 10.2 Å². The third-order valence-electron chi connectivity index (χ3n) is 3.60. The summed E-state index contributed by atoms with van der Waals surface area (Å²) in [5.41, 5.74) is 1.92. The maximum atomic E-state index is 5.24. The van der Waals surface area contributed by atoms with Crippen molar-refractivity contribution >= 4 is 11.8 Å². The van der Waals surface area contributed by atoms with Gasteiger partial charge in [-0.3, -0.25) is 0 Å². The van der Waals surface area contributed by atoms with Gasteiger partial charge in [-0.25, -0.2) is 0 Å². The summed E-state index contributed by atoms with van der Waals surface area (Å²) in [4.78, 5) is 0. The van der Waals surface area contributed by atoms with Gasteiger partial charge in [0.25, 0.3) is 0 Å². The molecule has 20 heavy (non-hydrogen) atoms. The van der Waals surface area contributed by atoms with Gasteiger partial charge >= 0.3 is 0 Å². The van der Waals surface area contributed by atoms with Crippen LogP contribution in [0.2, 0.25) is 0 Å². The molecule has 0 radical (unpaired) electrons. The first-order valence-electron chi connectivity index (χ1n) is 7.00. The van der Waals surface area contributed by atoms with Crippen LogP contribution in [-0.4, -0.2) is 22.6 Å². The Morgan fingerprint density at radius 1 is 1.10 bits per heavy atom. The van der Waals surface area contributed by atoms with Crippen LogP contribution < -0.4 is 4.74 Å². The Balaban J connectivity index is 1.74. The van der Waals surface area contributed by atoms with Crippen molar-refractivity contribution in [3.8, 4) is 17.0 Å². The Bertz CT molecular complexity index is 565. The van der Waals surface area contributed by atoms with E-state index < -0.39 is 0 Å². The molecule has 3 nitrogen and oxygen atoms in total. The van der Waals surface area contributed by atoms with E-state index in [0.29, 0.717) is 0 Å². The first-order chi connectivity index (χ1) is 9.85. The Morgan fingerprint density at radius 3 is 2.65 bits per heavy atom. The van der Waals surface area contributed by atoms with Gasteiger partial charge in [-0.05, 0) is 37.1 Å². The van der Waals surface area contributed by atoms with Gasteiger partial charge in [0, 0.05) is 10.8 Å². The zero-order valence-electron chi connectivity index (χ0n) is 11.6. The highest BCUT2D eigenvalue weighted by molar-refractivity contribution is 7.99. The van der Waals surface area contributed by atoms with Crippen molar-refractivity contribution in [2.75, 3.05) is 7.11 Å². The van der Waals surface area contributed by atoms with E-state index >= 15 is 0 Å². The molecule has 2 aromatic rings. The van der Waals surface area contributed by atoms with E-state index in [1.807, 2.05) is 42.1 Å². The quantitative estimate of drug-likeness (QED) is 0.844. The molecule has 1 heterocycles. The lowest BCUT2D eigenvalue weighted by molar-refractivity contribution is 0.415. The normalized spacial score (nSPS) is 15.4. The summed E-state index contributed by atoms with van der Waals surface area (Å²) in [7, 11) is 1.67. The van der Waals surface area contributed by atoms with E-state index in [1.54, 1.807) is 7.11 Å². The van der Waals surface area contributed by atoms with Crippen molar-refractivity contribution in [3.63, 3.8) is 0 Å². The molecule has 1 saturated carbocycles. The summed E-state index contributed by atoms with van der Waals surface area (Å²) < 4.78 is 5.24. The van der Waals surface area contributed by atoms with Gasteiger partial charge < -0.3 is 4.74 Å². The zero-order valence-corrected chi connectivity index (χ0v) is 12.4. The van der Waals surface area contributed by atoms with Crippen LogP contribution in [0.3, 0.4) is 0 Å². The highest BCUT2D eigenvalue weighted by Gasteiger charge is 2.16. The highest BCUT2D eigenvalue weighted by Crippen LogP contribution is 2.33. The molecule has 104 valence electrons. The minimum absolute atomic E-state index is 0.729. The van der Waals surface area contributed by atoms with Crippen molar-refractivity contribution in [2.24, 2.45) is 0 Å². The summed E-state index contributed by atoms with van der Waals surface area (Å²) in [6.45, 7) is 0. The molecule has 1 aliphatic rings. The number of ether oxygens (including phenoxy) is 1. The molecule has 1 aromatic heterocycles. The molecule has 1 fully saturated rings. The Labute approximate surface area is 123 Å². The number of thioether (sulfide) groups is 1. The number of methoxy groups -OCH3 is 1. The van der Waals surface area contributed by atoms with E-state index in [9.17, 15) is 0 Å². The van der Waals surface area contributed by atoms with Gasteiger partial charge in [0.2, 0.25) is 0 Å². The van der Waals surface area contributed by atoms with Crippen molar-refractivity contribution in [2.45, 2.75) is 36.0 Å². The van der Waals surface area contributed by atoms with E-state index in [4.69, 9.17) is 4.74 Å². The van der Waals surface area contributed by atoms with Gasteiger partial charge in [0.1, 0.15) is 10.8 Å². The van der Waals surface area contributed by atoms with E-state index in [1.165, 1.54) is 25.7 Å². The maximum Gasteiger partial charge on any atom is 0.119 e. The van der Waals surface area contributed by atoms with Crippen molar-refractivity contribution in [3.05, 3.63) is 36.4 Å². The minimum Gasteiger partial charge on any atom is -0.497 e. The number of benzene rings is 1. The zero-order chi connectivity index (χ0) is 13.8. The molecule has 3 rings (SSSR count). The van der Waals surface area contributed by atoms with Crippen molar-refractivity contribution in [1.29, 1.82) is 0 Å². The van der Waals surface area contributed by atoms with E-state index in [-0.39, 0.29) is 0 Å². The SMILES string of the molecule is COc1cccc(-c2ccc(SC3CCCC3)nn2)c1. The average molecular weight is 286 g/mol.